The van der Waals surface area contributed by atoms with Crippen LogP contribution in [0.25, 0.3) is 0 Å². The van der Waals surface area contributed by atoms with Gasteiger partial charge in [-0.15, -0.1) is 24.0 Å². The lowest BCUT2D eigenvalue weighted by molar-refractivity contribution is -0.128. The lowest BCUT2D eigenvalue weighted by Gasteiger charge is -2.38. The Morgan fingerprint density at radius 3 is 2.59 bits per heavy atom. The van der Waals surface area contributed by atoms with Crippen molar-refractivity contribution in [2.45, 2.75) is 44.8 Å². The van der Waals surface area contributed by atoms with Crippen molar-refractivity contribution in [3.05, 3.63) is 35.9 Å². The number of rotatable bonds is 6. The van der Waals surface area contributed by atoms with Gasteiger partial charge in [-0.25, -0.2) is 0 Å². The molecule has 1 amide bonds. The fraction of sp³-hybridized carbons (Fsp3) is 0.600. The topological polar surface area (TPSA) is 60.0 Å². The Hall–Kier alpha value is -1.35. The first kappa shape index (κ1) is 23.7. The summed E-state index contributed by atoms with van der Waals surface area (Å²) in [6.45, 7) is 4.97. The molecule has 2 atom stereocenters. The Morgan fingerprint density at radius 2 is 2.00 bits per heavy atom. The number of hydrogen-bond acceptors (Lipinski definition) is 3. The average molecular weight is 487 g/mol. The predicted octanol–water partition coefficient (Wildman–Crippen LogP) is 2.30. The van der Waals surface area contributed by atoms with Gasteiger partial charge in [-0.2, -0.15) is 0 Å². The highest BCUT2D eigenvalue weighted by molar-refractivity contribution is 14.0. The molecule has 2 N–H and O–H groups in total. The third kappa shape index (κ3) is 8.04. The number of guanidine groups is 1. The molecule has 1 saturated heterocycles. The van der Waals surface area contributed by atoms with Crippen molar-refractivity contribution in [2.75, 3.05) is 34.2 Å². The van der Waals surface area contributed by atoms with Crippen molar-refractivity contribution in [3.8, 4) is 0 Å². The van der Waals surface area contributed by atoms with E-state index in [9.17, 15) is 4.79 Å². The van der Waals surface area contributed by atoms with E-state index in [2.05, 4.69) is 57.8 Å². The van der Waals surface area contributed by atoms with Crippen molar-refractivity contribution in [3.63, 3.8) is 0 Å². The lowest BCUT2D eigenvalue weighted by Crippen LogP contribution is -2.51. The number of carbonyl (C=O) groups excluding carboxylic acids is 1. The molecule has 0 spiro atoms. The fourth-order valence-corrected chi connectivity index (χ4v) is 3.30. The molecule has 7 heteroatoms. The van der Waals surface area contributed by atoms with E-state index >= 15 is 0 Å². The quantitative estimate of drug-likeness (QED) is 0.368. The molecule has 2 unspecified atom stereocenters. The van der Waals surface area contributed by atoms with E-state index in [4.69, 9.17) is 0 Å². The Balaban J connectivity index is 0.00000364. The summed E-state index contributed by atoms with van der Waals surface area (Å²) in [6, 6.07) is 11.6. The second-order valence-corrected chi connectivity index (χ2v) is 7.21. The first-order valence-corrected chi connectivity index (χ1v) is 9.45. The highest BCUT2D eigenvalue weighted by Crippen LogP contribution is 2.19. The zero-order valence-corrected chi connectivity index (χ0v) is 19.3. The summed E-state index contributed by atoms with van der Waals surface area (Å²) in [6.07, 6.45) is 2.65. The van der Waals surface area contributed by atoms with E-state index in [-0.39, 0.29) is 29.9 Å². The molecule has 1 aliphatic rings. The molecule has 0 bridgehead atoms. The number of likely N-dealkylation sites (tertiary alicyclic amines) is 1. The van der Waals surface area contributed by atoms with Crippen LogP contribution in [0.1, 0.15) is 31.7 Å². The van der Waals surface area contributed by atoms with Crippen molar-refractivity contribution in [1.82, 2.24) is 20.4 Å². The summed E-state index contributed by atoms with van der Waals surface area (Å²) in [5.41, 5.74) is 1.37. The molecule has 0 aliphatic carbocycles. The van der Waals surface area contributed by atoms with Crippen LogP contribution in [-0.2, 0) is 11.3 Å². The summed E-state index contributed by atoms with van der Waals surface area (Å²) in [4.78, 5) is 20.1. The second-order valence-electron chi connectivity index (χ2n) is 7.21. The number of piperidine rings is 1. The van der Waals surface area contributed by atoms with Gasteiger partial charge in [-0.05, 0) is 25.3 Å². The van der Waals surface area contributed by atoms with Gasteiger partial charge < -0.3 is 15.5 Å². The van der Waals surface area contributed by atoms with Crippen LogP contribution in [0.2, 0.25) is 0 Å². The summed E-state index contributed by atoms with van der Waals surface area (Å²) >= 11 is 0. The lowest BCUT2D eigenvalue weighted by atomic mass is 9.97. The standard InChI is InChI=1S/C20H33N5O.HI/c1-16-14-18(11-13-25(16)15-17-8-6-5-7-9-17)23-20(21-2)22-12-10-19(26)24(3)4;/h5-9,16,18H,10-15H2,1-4H3,(H2,21,22,23);1H. The zero-order valence-electron chi connectivity index (χ0n) is 16.9. The second kappa shape index (κ2) is 12.2. The van der Waals surface area contributed by atoms with Crippen LogP contribution in [-0.4, -0.2) is 68.0 Å². The van der Waals surface area contributed by atoms with Crippen LogP contribution < -0.4 is 10.6 Å². The Labute approximate surface area is 180 Å². The third-order valence-corrected chi connectivity index (χ3v) is 4.94. The molecule has 0 aromatic heterocycles. The molecule has 0 saturated carbocycles. The van der Waals surface area contributed by atoms with Gasteiger partial charge in [-0.3, -0.25) is 14.7 Å². The van der Waals surface area contributed by atoms with E-state index in [0.29, 0.717) is 25.0 Å². The van der Waals surface area contributed by atoms with E-state index in [0.717, 1.165) is 31.9 Å². The molecule has 1 aliphatic heterocycles. The molecule has 1 fully saturated rings. The normalized spacial score (nSPS) is 20.5. The Bertz CT molecular complexity index is 593. The van der Waals surface area contributed by atoms with Crippen LogP contribution in [0.3, 0.4) is 0 Å². The molecule has 6 nitrogen and oxygen atoms in total. The molecule has 0 radical (unpaired) electrons. The SMILES string of the molecule is CN=C(NCCC(=O)N(C)C)NC1CCN(Cc2ccccc2)C(C)C1.I. The average Bonchev–Trinajstić information content (AvgIpc) is 2.63. The molecular weight excluding hydrogens is 453 g/mol. The largest absolute Gasteiger partial charge is 0.356 e. The first-order chi connectivity index (χ1) is 12.5. The van der Waals surface area contributed by atoms with Crippen molar-refractivity contribution >= 4 is 35.8 Å². The number of carbonyl (C=O) groups is 1. The number of aliphatic imine (C=N–C) groups is 1. The maximum atomic E-state index is 11.7. The Kier molecular flexibility index (Phi) is 10.7. The summed E-state index contributed by atoms with van der Waals surface area (Å²) in [7, 11) is 5.33. The monoisotopic (exact) mass is 487 g/mol. The van der Waals surface area contributed by atoms with Gasteiger partial charge in [0.15, 0.2) is 5.96 Å². The molecular formula is C20H34IN5O. The van der Waals surface area contributed by atoms with E-state index < -0.39 is 0 Å². The number of hydrogen-bond donors (Lipinski definition) is 2. The van der Waals surface area contributed by atoms with E-state index in [1.165, 1.54) is 5.56 Å². The maximum absolute atomic E-state index is 11.7. The number of benzene rings is 1. The highest BCUT2D eigenvalue weighted by atomic mass is 127. The number of nitrogens with zero attached hydrogens (tertiary/aromatic N) is 3. The van der Waals surface area contributed by atoms with Gasteiger partial charge in [0, 0.05) is 59.3 Å². The van der Waals surface area contributed by atoms with Crippen molar-refractivity contribution in [1.29, 1.82) is 0 Å². The maximum Gasteiger partial charge on any atom is 0.223 e. The van der Waals surface area contributed by atoms with Crippen LogP contribution >= 0.6 is 24.0 Å². The summed E-state index contributed by atoms with van der Waals surface area (Å²) < 4.78 is 0. The summed E-state index contributed by atoms with van der Waals surface area (Å²) in [5, 5.41) is 6.76. The third-order valence-electron chi connectivity index (χ3n) is 4.94. The molecule has 2 rings (SSSR count). The van der Waals surface area contributed by atoms with Crippen LogP contribution in [0.15, 0.2) is 35.3 Å². The van der Waals surface area contributed by atoms with Gasteiger partial charge in [0.05, 0.1) is 0 Å². The van der Waals surface area contributed by atoms with Gasteiger partial charge in [0.1, 0.15) is 0 Å². The summed E-state index contributed by atoms with van der Waals surface area (Å²) in [5.74, 6) is 0.904. The van der Waals surface area contributed by atoms with E-state index in [1.807, 2.05) is 0 Å². The number of nitrogens with one attached hydrogen (secondary N) is 2. The molecule has 1 aromatic carbocycles. The smallest absolute Gasteiger partial charge is 0.223 e. The van der Waals surface area contributed by atoms with Gasteiger partial charge in [0.2, 0.25) is 5.91 Å². The Morgan fingerprint density at radius 1 is 1.30 bits per heavy atom. The number of amides is 1. The van der Waals surface area contributed by atoms with Crippen LogP contribution in [0.4, 0.5) is 0 Å². The predicted molar refractivity (Wildman–Crippen MR) is 123 cm³/mol. The van der Waals surface area contributed by atoms with Crippen LogP contribution in [0, 0.1) is 0 Å². The highest BCUT2D eigenvalue weighted by Gasteiger charge is 2.25. The minimum Gasteiger partial charge on any atom is -0.356 e. The van der Waals surface area contributed by atoms with Gasteiger partial charge in [0.25, 0.3) is 0 Å². The van der Waals surface area contributed by atoms with Crippen molar-refractivity contribution < 1.29 is 4.79 Å². The van der Waals surface area contributed by atoms with Gasteiger partial charge >= 0.3 is 0 Å². The van der Waals surface area contributed by atoms with E-state index in [1.54, 1.807) is 26.0 Å². The van der Waals surface area contributed by atoms with Crippen LogP contribution in [0.5, 0.6) is 0 Å². The molecule has 152 valence electrons. The minimum atomic E-state index is 0. The van der Waals surface area contributed by atoms with Gasteiger partial charge in [-0.1, -0.05) is 30.3 Å². The minimum absolute atomic E-state index is 0. The fourth-order valence-electron chi connectivity index (χ4n) is 3.30. The molecule has 27 heavy (non-hydrogen) atoms. The zero-order chi connectivity index (χ0) is 18.9. The molecule has 1 heterocycles. The van der Waals surface area contributed by atoms with Crippen molar-refractivity contribution in [2.24, 2.45) is 4.99 Å². The first-order valence-electron chi connectivity index (χ1n) is 9.45. The number of halogens is 1. The molecule has 1 aromatic rings.